The van der Waals surface area contributed by atoms with Crippen LogP contribution in [0.25, 0.3) is 0 Å². The zero-order valence-electron chi connectivity index (χ0n) is 10.7. The number of hydrogen-bond donors (Lipinski definition) is 1. The van der Waals surface area contributed by atoms with Crippen molar-refractivity contribution in [2.24, 2.45) is 0 Å². The minimum Gasteiger partial charge on any atom is -0.487 e. The lowest BCUT2D eigenvalue weighted by molar-refractivity contribution is 0.0497. The summed E-state index contributed by atoms with van der Waals surface area (Å²) in [6.45, 7) is 0. The SMILES string of the molecule is OC(Cc1cc(Br)ccc1F)C1Cc2ccccc2O1. The summed E-state index contributed by atoms with van der Waals surface area (Å²) in [5, 5.41) is 10.3. The second kappa shape index (κ2) is 5.54. The van der Waals surface area contributed by atoms with E-state index in [4.69, 9.17) is 4.74 Å². The fourth-order valence-electron chi connectivity index (χ4n) is 2.48. The Morgan fingerprint density at radius 2 is 2.10 bits per heavy atom. The van der Waals surface area contributed by atoms with E-state index in [1.807, 2.05) is 24.3 Å². The molecule has 2 nitrogen and oxygen atoms in total. The molecule has 2 unspecified atom stereocenters. The van der Waals surface area contributed by atoms with Gasteiger partial charge in [0.25, 0.3) is 0 Å². The Kier molecular flexibility index (Phi) is 3.76. The Morgan fingerprint density at radius 3 is 2.90 bits per heavy atom. The van der Waals surface area contributed by atoms with Crippen LogP contribution in [0.2, 0.25) is 0 Å². The number of hydrogen-bond acceptors (Lipinski definition) is 2. The summed E-state index contributed by atoms with van der Waals surface area (Å²) in [4.78, 5) is 0. The van der Waals surface area contributed by atoms with E-state index in [1.165, 1.54) is 6.07 Å². The highest BCUT2D eigenvalue weighted by molar-refractivity contribution is 9.10. The zero-order valence-corrected chi connectivity index (χ0v) is 12.3. The van der Waals surface area contributed by atoms with Gasteiger partial charge in [0, 0.05) is 17.3 Å². The minimum absolute atomic E-state index is 0.240. The van der Waals surface area contributed by atoms with Gasteiger partial charge in [0.1, 0.15) is 17.7 Å². The molecule has 1 N–H and O–H groups in total. The van der Waals surface area contributed by atoms with Gasteiger partial charge < -0.3 is 9.84 Å². The van der Waals surface area contributed by atoms with Crippen molar-refractivity contribution in [3.05, 3.63) is 63.9 Å². The average Bonchev–Trinajstić information content (AvgIpc) is 2.87. The summed E-state index contributed by atoms with van der Waals surface area (Å²) in [5.41, 5.74) is 1.58. The number of ether oxygens (including phenoxy) is 1. The number of aliphatic hydroxyl groups is 1. The number of rotatable bonds is 3. The van der Waals surface area contributed by atoms with Crippen LogP contribution in [0.1, 0.15) is 11.1 Å². The number of fused-ring (bicyclic) bond motifs is 1. The molecule has 4 heteroatoms. The molecule has 0 bridgehead atoms. The van der Waals surface area contributed by atoms with Crippen molar-refractivity contribution in [2.45, 2.75) is 25.0 Å². The first-order valence-electron chi connectivity index (χ1n) is 6.50. The number of aliphatic hydroxyl groups excluding tert-OH is 1. The van der Waals surface area contributed by atoms with Crippen LogP contribution >= 0.6 is 15.9 Å². The highest BCUT2D eigenvalue weighted by atomic mass is 79.9. The second-order valence-electron chi connectivity index (χ2n) is 4.98. The molecular weight excluding hydrogens is 323 g/mol. The standard InChI is InChI=1S/C16H14BrFO2/c17-12-5-6-13(18)11(7-12)8-14(19)16-9-10-3-1-2-4-15(10)20-16/h1-7,14,16,19H,8-9H2. The lowest BCUT2D eigenvalue weighted by atomic mass is 10.00. The molecule has 0 spiro atoms. The summed E-state index contributed by atoms with van der Waals surface area (Å²) >= 11 is 3.31. The molecule has 0 aliphatic carbocycles. The molecule has 20 heavy (non-hydrogen) atoms. The predicted octanol–water partition coefficient (Wildman–Crippen LogP) is 3.50. The predicted molar refractivity (Wildman–Crippen MR) is 78.4 cm³/mol. The fourth-order valence-corrected chi connectivity index (χ4v) is 2.89. The minimum atomic E-state index is -0.730. The molecule has 0 saturated carbocycles. The van der Waals surface area contributed by atoms with Crippen molar-refractivity contribution in [1.82, 2.24) is 0 Å². The van der Waals surface area contributed by atoms with Crippen LogP contribution in [0.5, 0.6) is 5.75 Å². The lowest BCUT2D eigenvalue weighted by Crippen LogP contribution is -2.32. The number of para-hydroxylation sites is 1. The van der Waals surface area contributed by atoms with Gasteiger partial charge in [0.2, 0.25) is 0 Å². The summed E-state index contributed by atoms with van der Waals surface area (Å²) in [7, 11) is 0. The average molecular weight is 337 g/mol. The molecule has 0 amide bonds. The first-order valence-corrected chi connectivity index (χ1v) is 7.29. The molecule has 1 aliphatic heterocycles. The van der Waals surface area contributed by atoms with Crippen LogP contribution in [0.15, 0.2) is 46.9 Å². The van der Waals surface area contributed by atoms with Gasteiger partial charge >= 0.3 is 0 Å². The maximum absolute atomic E-state index is 13.7. The highest BCUT2D eigenvalue weighted by Gasteiger charge is 2.29. The Balaban J connectivity index is 1.72. The largest absolute Gasteiger partial charge is 0.487 e. The van der Waals surface area contributed by atoms with E-state index >= 15 is 0 Å². The van der Waals surface area contributed by atoms with E-state index < -0.39 is 6.10 Å². The maximum atomic E-state index is 13.7. The zero-order chi connectivity index (χ0) is 14.1. The van der Waals surface area contributed by atoms with E-state index in [2.05, 4.69) is 15.9 Å². The summed E-state index contributed by atoms with van der Waals surface area (Å²) in [6.07, 6.45) is -0.145. The molecule has 0 radical (unpaired) electrons. The topological polar surface area (TPSA) is 29.5 Å². The molecule has 1 aliphatic rings. The molecular formula is C16H14BrFO2. The third kappa shape index (κ3) is 2.72. The van der Waals surface area contributed by atoms with E-state index in [1.54, 1.807) is 12.1 Å². The molecule has 2 aromatic rings. The molecule has 3 rings (SSSR count). The smallest absolute Gasteiger partial charge is 0.129 e. The van der Waals surface area contributed by atoms with Crippen LogP contribution in [0, 0.1) is 5.82 Å². The van der Waals surface area contributed by atoms with Crippen LogP contribution in [0.3, 0.4) is 0 Å². The van der Waals surface area contributed by atoms with Crippen molar-refractivity contribution < 1.29 is 14.2 Å². The molecule has 0 fully saturated rings. The van der Waals surface area contributed by atoms with Crippen molar-refractivity contribution in [3.8, 4) is 5.75 Å². The molecule has 104 valence electrons. The summed E-state index contributed by atoms with van der Waals surface area (Å²) in [5.74, 6) is 0.508. The molecule has 2 aromatic carbocycles. The van der Waals surface area contributed by atoms with Gasteiger partial charge in [0.05, 0.1) is 6.10 Å². The highest BCUT2D eigenvalue weighted by Crippen LogP contribution is 2.30. The van der Waals surface area contributed by atoms with Crippen LogP contribution in [0.4, 0.5) is 4.39 Å². The van der Waals surface area contributed by atoms with Crippen LogP contribution in [-0.2, 0) is 12.8 Å². The van der Waals surface area contributed by atoms with Gasteiger partial charge in [-0.15, -0.1) is 0 Å². The van der Waals surface area contributed by atoms with E-state index in [-0.39, 0.29) is 18.3 Å². The van der Waals surface area contributed by atoms with Gasteiger partial charge in [-0.1, -0.05) is 34.1 Å². The molecule has 0 aromatic heterocycles. The van der Waals surface area contributed by atoms with E-state index in [0.717, 1.165) is 15.8 Å². The van der Waals surface area contributed by atoms with Gasteiger partial charge in [-0.3, -0.25) is 0 Å². The van der Waals surface area contributed by atoms with Gasteiger partial charge in [0.15, 0.2) is 0 Å². The third-order valence-corrected chi connectivity index (χ3v) is 4.03. The number of halogens is 2. The second-order valence-corrected chi connectivity index (χ2v) is 5.89. The first kappa shape index (κ1) is 13.6. The Labute approximate surface area is 125 Å². The van der Waals surface area contributed by atoms with Gasteiger partial charge in [-0.2, -0.15) is 0 Å². The van der Waals surface area contributed by atoms with E-state index in [9.17, 15) is 9.50 Å². The Morgan fingerprint density at radius 1 is 1.30 bits per heavy atom. The van der Waals surface area contributed by atoms with Crippen LogP contribution < -0.4 is 4.74 Å². The lowest BCUT2D eigenvalue weighted by Gasteiger charge is -2.18. The van der Waals surface area contributed by atoms with Crippen molar-refractivity contribution in [2.75, 3.05) is 0 Å². The number of benzene rings is 2. The normalized spacial score (nSPS) is 18.4. The van der Waals surface area contributed by atoms with Gasteiger partial charge in [-0.25, -0.2) is 4.39 Å². The monoisotopic (exact) mass is 336 g/mol. The van der Waals surface area contributed by atoms with Crippen molar-refractivity contribution in [1.29, 1.82) is 0 Å². The Bertz CT molecular complexity index is 605. The van der Waals surface area contributed by atoms with Gasteiger partial charge in [-0.05, 0) is 35.4 Å². The van der Waals surface area contributed by atoms with Crippen molar-refractivity contribution in [3.63, 3.8) is 0 Å². The quantitative estimate of drug-likeness (QED) is 0.929. The maximum Gasteiger partial charge on any atom is 0.129 e. The first-order chi connectivity index (χ1) is 9.63. The molecule has 0 saturated heterocycles. The third-order valence-electron chi connectivity index (χ3n) is 3.54. The summed E-state index contributed by atoms with van der Waals surface area (Å²) in [6, 6.07) is 12.5. The fraction of sp³-hybridized carbons (Fsp3) is 0.250. The van der Waals surface area contributed by atoms with E-state index in [0.29, 0.717) is 12.0 Å². The summed E-state index contributed by atoms with van der Waals surface area (Å²) < 4.78 is 20.2. The van der Waals surface area contributed by atoms with Crippen LogP contribution in [-0.4, -0.2) is 17.3 Å². The van der Waals surface area contributed by atoms with Crippen molar-refractivity contribution >= 4 is 15.9 Å². The molecule has 1 heterocycles. The molecule has 2 atom stereocenters. The Hall–Kier alpha value is -1.39.